The van der Waals surface area contributed by atoms with E-state index in [1.54, 1.807) is 20.8 Å². The molecule has 0 bridgehead atoms. The normalized spacial score (nSPS) is 13.1. The predicted octanol–water partition coefficient (Wildman–Crippen LogP) is 1.23. The Kier molecular flexibility index (Phi) is 6.50. The standard InChI is InChI=1S/C10H17F3N2O3/c1-10(2,3)18-9(17)15-5-7(16)14-4-6(11)8(12)13/h6,8H,4-5H2,1-3H3,(H,14,16)(H,15,17). The van der Waals surface area contributed by atoms with E-state index in [1.807, 2.05) is 5.32 Å². The van der Waals surface area contributed by atoms with Gasteiger partial charge in [-0.15, -0.1) is 0 Å². The summed E-state index contributed by atoms with van der Waals surface area (Å²) in [6.45, 7) is 3.66. The first-order valence-electron chi connectivity index (χ1n) is 5.27. The van der Waals surface area contributed by atoms with Crippen molar-refractivity contribution < 1.29 is 27.5 Å². The zero-order valence-corrected chi connectivity index (χ0v) is 10.4. The molecule has 8 heteroatoms. The number of hydrogen-bond donors (Lipinski definition) is 2. The summed E-state index contributed by atoms with van der Waals surface area (Å²) in [6, 6.07) is 0. The van der Waals surface area contributed by atoms with Crippen molar-refractivity contribution in [3.63, 3.8) is 0 Å². The summed E-state index contributed by atoms with van der Waals surface area (Å²) in [7, 11) is 0. The van der Waals surface area contributed by atoms with Crippen LogP contribution in [0.5, 0.6) is 0 Å². The van der Waals surface area contributed by atoms with Gasteiger partial charge in [-0.2, -0.15) is 0 Å². The third-order valence-corrected chi connectivity index (χ3v) is 1.56. The van der Waals surface area contributed by atoms with E-state index in [2.05, 4.69) is 5.32 Å². The highest BCUT2D eigenvalue weighted by Gasteiger charge is 2.20. The van der Waals surface area contributed by atoms with Crippen molar-refractivity contribution in [1.29, 1.82) is 0 Å². The van der Waals surface area contributed by atoms with Crippen molar-refractivity contribution >= 4 is 12.0 Å². The van der Waals surface area contributed by atoms with Gasteiger partial charge in [0.25, 0.3) is 6.43 Å². The van der Waals surface area contributed by atoms with Crippen LogP contribution in [0.1, 0.15) is 20.8 Å². The van der Waals surface area contributed by atoms with E-state index in [0.29, 0.717) is 0 Å². The summed E-state index contributed by atoms with van der Waals surface area (Å²) in [5, 5.41) is 4.03. The van der Waals surface area contributed by atoms with E-state index < -0.39 is 43.3 Å². The molecule has 0 aliphatic carbocycles. The minimum absolute atomic E-state index is 0.467. The van der Waals surface area contributed by atoms with Crippen molar-refractivity contribution in [3.05, 3.63) is 0 Å². The summed E-state index contributed by atoms with van der Waals surface area (Å²) < 4.78 is 40.8. The van der Waals surface area contributed by atoms with Crippen molar-refractivity contribution in [1.82, 2.24) is 10.6 Å². The number of alkyl carbamates (subject to hydrolysis) is 1. The highest BCUT2D eigenvalue weighted by Crippen LogP contribution is 2.06. The molecule has 0 rings (SSSR count). The minimum Gasteiger partial charge on any atom is -0.444 e. The van der Waals surface area contributed by atoms with Crippen LogP contribution in [0.15, 0.2) is 0 Å². The van der Waals surface area contributed by atoms with E-state index in [-0.39, 0.29) is 0 Å². The third kappa shape index (κ3) is 8.66. The Hall–Kier alpha value is -1.47. The molecule has 0 aromatic rings. The lowest BCUT2D eigenvalue weighted by Crippen LogP contribution is -2.42. The maximum absolute atomic E-state index is 12.4. The molecule has 0 aromatic carbocycles. The van der Waals surface area contributed by atoms with Crippen LogP contribution in [-0.2, 0) is 9.53 Å². The quantitative estimate of drug-likeness (QED) is 0.789. The van der Waals surface area contributed by atoms with Gasteiger partial charge in [0, 0.05) is 0 Å². The SMILES string of the molecule is CC(C)(C)OC(=O)NCC(=O)NCC(F)C(F)F. The number of halogens is 3. The van der Waals surface area contributed by atoms with E-state index in [4.69, 9.17) is 4.74 Å². The molecule has 2 amide bonds. The molecule has 0 fully saturated rings. The Morgan fingerprint density at radius 3 is 2.17 bits per heavy atom. The largest absolute Gasteiger partial charge is 0.444 e. The van der Waals surface area contributed by atoms with Gasteiger partial charge in [0.2, 0.25) is 5.91 Å². The molecule has 0 heterocycles. The first kappa shape index (κ1) is 16.5. The number of carbonyl (C=O) groups excluding carboxylic acids is 2. The van der Waals surface area contributed by atoms with Crippen LogP contribution in [0.4, 0.5) is 18.0 Å². The number of amides is 2. The Morgan fingerprint density at radius 2 is 1.72 bits per heavy atom. The molecule has 5 nitrogen and oxygen atoms in total. The first-order valence-corrected chi connectivity index (χ1v) is 5.27. The highest BCUT2D eigenvalue weighted by atomic mass is 19.3. The second-order valence-electron chi connectivity index (χ2n) is 4.51. The van der Waals surface area contributed by atoms with Gasteiger partial charge in [-0.1, -0.05) is 0 Å². The minimum atomic E-state index is -3.15. The van der Waals surface area contributed by atoms with E-state index in [9.17, 15) is 22.8 Å². The fraction of sp³-hybridized carbons (Fsp3) is 0.800. The Labute approximate surface area is 103 Å². The molecule has 106 valence electrons. The van der Waals surface area contributed by atoms with Crippen LogP contribution < -0.4 is 10.6 Å². The van der Waals surface area contributed by atoms with Gasteiger partial charge in [-0.3, -0.25) is 4.79 Å². The molecular weight excluding hydrogens is 253 g/mol. The molecule has 0 radical (unpaired) electrons. The second-order valence-corrected chi connectivity index (χ2v) is 4.51. The second kappa shape index (κ2) is 7.07. The summed E-state index contributed by atoms with van der Waals surface area (Å²) in [5.41, 5.74) is -0.708. The van der Waals surface area contributed by atoms with Crippen molar-refractivity contribution in [3.8, 4) is 0 Å². The molecular formula is C10H17F3N2O3. The number of ether oxygens (including phenoxy) is 1. The zero-order chi connectivity index (χ0) is 14.3. The van der Waals surface area contributed by atoms with Crippen LogP contribution in [0.2, 0.25) is 0 Å². The molecule has 2 N–H and O–H groups in total. The van der Waals surface area contributed by atoms with Gasteiger partial charge in [0.1, 0.15) is 5.60 Å². The summed E-state index contributed by atoms with van der Waals surface area (Å²) >= 11 is 0. The van der Waals surface area contributed by atoms with Crippen LogP contribution in [0.25, 0.3) is 0 Å². The maximum Gasteiger partial charge on any atom is 0.408 e. The molecule has 0 aromatic heterocycles. The fourth-order valence-corrected chi connectivity index (χ4v) is 0.830. The lowest BCUT2D eigenvalue weighted by atomic mass is 10.2. The van der Waals surface area contributed by atoms with Crippen LogP contribution >= 0.6 is 0 Å². The smallest absolute Gasteiger partial charge is 0.408 e. The number of nitrogens with one attached hydrogen (secondary N) is 2. The summed E-state index contributed by atoms with van der Waals surface area (Å²) in [4.78, 5) is 22.1. The Balaban J connectivity index is 3.81. The monoisotopic (exact) mass is 270 g/mol. The van der Waals surface area contributed by atoms with Crippen molar-refractivity contribution in [2.24, 2.45) is 0 Å². The third-order valence-electron chi connectivity index (χ3n) is 1.56. The van der Waals surface area contributed by atoms with E-state index >= 15 is 0 Å². The predicted molar refractivity (Wildman–Crippen MR) is 58.1 cm³/mol. The van der Waals surface area contributed by atoms with Crippen LogP contribution in [0, 0.1) is 0 Å². The average molecular weight is 270 g/mol. The van der Waals surface area contributed by atoms with Crippen LogP contribution in [0.3, 0.4) is 0 Å². The van der Waals surface area contributed by atoms with Gasteiger partial charge in [-0.25, -0.2) is 18.0 Å². The van der Waals surface area contributed by atoms with Crippen molar-refractivity contribution in [2.45, 2.75) is 39.0 Å². The fourth-order valence-electron chi connectivity index (χ4n) is 0.830. The molecule has 0 aliphatic heterocycles. The first-order chi connectivity index (χ1) is 8.11. The lowest BCUT2D eigenvalue weighted by molar-refractivity contribution is -0.120. The summed E-state index contributed by atoms with van der Waals surface area (Å²) in [5.74, 6) is -0.774. The van der Waals surface area contributed by atoms with E-state index in [1.165, 1.54) is 0 Å². The Morgan fingerprint density at radius 1 is 1.17 bits per heavy atom. The maximum atomic E-state index is 12.4. The van der Waals surface area contributed by atoms with Crippen LogP contribution in [-0.4, -0.2) is 43.3 Å². The molecule has 0 saturated heterocycles. The number of hydrogen-bond acceptors (Lipinski definition) is 3. The van der Waals surface area contributed by atoms with Gasteiger partial charge >= 0.3 is 6.09 Å². The molecule has 0 saturated carbocycles. The average Bonchev–Trinajstić information content (AvgIpc) is 2.20. The zero-order valence-electron chi connectivity index (χ0n) is 10.4. The summed E-state index contributed by atoms with van der Waals surface area (Å²) in [6.07, 6.45) is -6.39. The van der Waals surface area contributed by atoms with Gasteiger partial charge in [-0.05, 0) is 20.8 Å². The Bertz CT molecular complexity index is 293. The van der Waals surface area contributed by atoms with Gasteiger partial charge in [0.15, 0.2) is 6.17 Å². The van der Waals surface area contributed by atoms with Gasteiger partial charge in [0.05, 0.1) is 13.1 Å². The molecule has 1 atom stereocenters. The van der Waals surface area contributed by atoms with E-state index in [0.717, 1.165) is 0 Å². The number of carbonyl (C=O) groups is 2. The topological polar surface area (TPSA) is 67.4 Å². The van der Waals surface area contributed by atoms with Crippen molar-refractivity contribution in [2.75, 3.05) is 13.1 Å². The highest BCUT2D eigenvalue weighted by molar-refractivity contribution is 5.82. The number of rotatable bonds is 5. The molecule has 18 heavy (non-hydrogen) atoms. The van der Waals surface area contributed by atoms with Gasteiger partial charge < -0.3 is 15.4 Å². The number of alkyl halides is 3. The lowest BCUT2D eigenvalue weighted by Gasteiger charge is -2.19. The molecule has 1 unspecified atom stereocenters. The molecule has 0 spiro atoms. The molecule has 0 aliphatic rings.